The van der Waals surface area contributed by atoms with Gasteiger partial charge in [-0.3, -0.25) is 0 Å². The van der Waals surface area contributed by atoms with Crippen LogP contribution >= 0.6 is 0 Å². The monoisotopic (exact) mass is 272 g/mol. The molecule has 0 aliphatic carbocycles. The number of β-amino-alcohol motifs (C(OH)–C–C–N with tert-alkyl or cyclic N) is 1. The molecule has 0 radical (unpaired) electrons. The second-order valence-corrected chi connectivity index (χ2v) is 6.73. The number of hydrogen-bond donors (Lipinski definition) is 3. The van der Waals surface area contributed by atoms with Crippen LogP contribution in [0.3, 0.4) is 0 Å². The lowest BCUT2D eigenvalue weighted by Gasteiger charge is -2.50. The van der Waals surface area contributed by atoms with Crippen LogP contribution in [0.15, 0.2) is 0 Å². The minimum absolute atomic E-state index is 0.0708. The van der Waals surface area contributed by atoms with Gasteiger partial charge in [-0.15, -0.1) is 0 Å². The van der Waals surface area contributed by atoms with Crippen LogP contribution in [0, 0.1) is 5.41 Å². The molecule has 3 N–H and O–H groups in total. The van der Waals surface area contributed by atoms with Gasteiger partial charge in [0.25, 0.3) is 0 Å². The molecule has 2 rings (SSSR count). The Kier molecular flexibility index (Phi) is 3.53. The summed E-state index contributed by atoms with van der Waals surface area (Å²) in [4.78, 5) is 13.5. The molecule has 2 aliphatic rings. The van der Waals surface area contributed by atoms with Gasteiger partial charge in [0.05, 0.1) is 18.8 Å². The predicted octanol–water partition coefficient (Wildman–Crippen LogP) is -0.0598. The van der Waals surface area contributed by atoms with E-state index in [0.29, 0.717) is 26.1 Å². The van der Waals surface area contributed by atoms with E-state index in [4.69, 9.17) is 4.74 Å². The average molecular weight is 272 g/mol. The summed E-state index contributed by atoms with van der Waals surface area (Å²) in [7, 11) is 0. The Morgan fingerprint density at radius 3 is 2.47 bits per heavy atom. The molecule has 2 fully saturated rings. The molecule has 6 nitrogen and oxygen atoms in total. The Hall–Kier alpha value is -0.850. The average Bonchev–Trinajstić information content (AvgIpc) is 2.58. The molecule has 19 heavy (non-hydrogen) atoms. The lowest BCUT2D eigenvalue weighted by Crippen LogP contribution is -2.68. The van der Waals surface area contributed by atoms with Crippen LogP contribution in [0.5, 0.6) is 0 Å². The molecule has 1 atom stereocenters. The normalized spacial score (nSPS) is 30.1. The van der Waals surface area contributed by atoms with Crippen molar-refractivity contribution in [2.75, 3.05) is 32.8 Å². The Labute approximate surface area is 113 Å². The Balaban J connectivity index is 2.01. The molecule has 2 saturated heterocycles. The van der Waals surface area contributed by atoms with E-state index in [2.05, 4.69) is 5.32 Å². The van der Waals surface area contributed by atoms with Crippen LogP contribution in [0.1, 0.15) is 27.2 Å². The van der Waals surface area contributed by atoms with Crippen LogP contribution in [-0.4, -0.2) is 65.2 Å². The Morgan fingerprint density at radius 1 is 1.42 bits per heavy atom. The van der Waals surface area contributed by atoms with E-state index in [9.17, 15) is 15.0 Å². The zero-order valence-corrected chi connectivity index (χ0v) is 11.9. The highest BCUT2D eigenvalue weighted by molar-refractivity contribution is 5.68. The maximum absolute atomic E-state index is 12.0. The SMILES string of the molecule is CC(C)(C)OC(=O)N1CCC(O)(C2(CO)CNC2)C1. The van der Waals surface area contributed by atoms with E-state index in [0.717, 1.165) is 0 Å². The number of likely N-dealkylation sites (tertiary alicyclic amines) is 1. The maximum atomic E-state index is 12.0. The molecule has 110 valence electrons. The molecule has 0 spiro atoms. The summed E-state index contributed by atoms with van der Waals surface area (Å²) in [6.45, 7) is 7.25. The molecule has 0 aromatic carbocycles. The molecule has 0 bridgehead atoms. The van der Waals surface area contributed by atoms with E-state index in [1.165, 1.54) is 4.90 Å². The molecule has 0 saturated carbocycles. The van der Waals surface area contributed by atoms with Crippen LogP contribution in [0.2, 0.25) is 0 Å². The zero-order chi connectivity index (χ0) is 14.3. The summed E-state index contributed by atoms with van der Waals surface area (Å²) < 4.78 is 5.31. The van der Waals surface area contributed by atoms with Gasteiger partial charge in [-0.2, -0.15) is 0 Å². The van der Waals surface area contributed by atoms with Gasteiger partial charge in [0.1, 0.15) is 5.60 Å². The largest absolute Gasteiger partial charge is 0.444 e. The lowest BCUT2D eigenvalue weighted by molar-refractivity contribution is -0.127. The molecule has 1 amide bonds. The van der Waals surface area contributed by atoms with E-state index in [1.54, 1.807) is 0 Å². The minimum Gasteiger partial charge on any atom is -0.444 e. The van der Waals surface area contributed by atoms with Crippen molar-refractivity contribution in [3.05, 3.63) is 0 Å². The zero-order valence-electron chi connectivity index (χ0n) is 11.9. The van der Waals surface area contributed by atoms with Crippen molar-refractivity contribution in [2.45, 2.75) is 38.4 Å². The first-order chi connectivity index (χ1) is 8.71. The Bertz CT molecular complexity index is 357. The first-order valence-corrected chi connectivity index (χ1v) is 6.73. The first-order valence-electron chi connectivity index (χ1n) is 6.73. The van der Waals surface area contributed by atoms with Crippen molar-refractivity contribution in [2.24, 2.45) is 5.41 Å². The fraction of sp³-hybridized carbons (Fsp3) is 0.923. The second kappa shape index (κ2) is 4.61. The van der Waals surface area contributed by atoms with Crippen LogP contribution < -0.4 is 5.32 Å². The molecular weight excluding hydrogens is 248 g/mol. The molecule has 0 aromatic rings. The van der Waals surface area contributed by atoms with Gasteiger partial charge in [0, 0.05) is 25.0 Å². The van der Waals surface area contributed by atoms with E-state index in [-0.39, 0.29) is 13.2 Å². The standard InChI is InChI=1S/C13H24N2O4/c1-11(2,3)19-10(17)15-5-4-13(18,8-15)12(9-16)6-14-7-12/h14,16,18H,4-9H2,1-3H3. The topological polar surface area (TPSA) is 82.0 Å². The number of amides is 1. The molecule has 2 aliphatic heterocycles. The summed E-state index contributed by atoms with van der Waals surface area (Å²) in [6, 6.07) is 0. The molecule has 2 heterocycles. The smallest absolute Gasteiger partial charge is 0.410 e. The number of nitrogens with one attached hydrogen (secondary N) is 1. The first kappa shape index (κ1) is 14.6. The van der Waals surface area contributed by atoms with Crippen molar-refractivity contribution in [3.63, 3.8) is 0 Å². The van der Waals surface area contributed by atoms with E-state index >= 15 is 0 Å². The van der Waals surface area contributed by atoms with Crippen molar-refractivity contribution >= 4 is 6.09 Å². The van der Waals surface area contributed by atoms with Crippen molar-refractivity contribution < 1.29 is 19.7 Å². The van der Waals surface area contributed by atoms with Gasteiger partial charge in [-0.25, -0.2) is 4.79 Å². The maximum Gasteiger partial charge on any atom is 0.410 e. The fourth-order valence-corrected chi connectivity index (χ4v) is 2.72. The molecular formula is C13H24N2O4. The van der Waals surface area contributed by atoms with Crippen molar-refractivity contribution in [1.29, 1.82) is 0 Å². The number of carbonyl (C=O) groups excluding carboxylic acids is 1. The number of carbonyl (C=O) groups is 1. The molecule has 6 heteroatoms. The number of rotatable bonds is 2. The third-order valence-corrected chi connectivity index (χ3v) is 4.12. The van der Waals surface area contributed by atoms with Crippen LogP contribution in [0.25, 0.3) is 0 Å². The number of ether oxygens (including phenoxy) is 1. The number of aliphatic hydroxyl groups is 2. The van der Waals surface area contributed by atoms with E-state index < -0.39 is 22.7 Å². The van der Waals surface area contributed by atoms with Gasteiger partial charge in [-0.1, -0.05) is 0 Å². The predicted molar refractivity (Wildman–Crippen MR) is 69.8 cm³/mol. The number of nitrogens with zero attached hydrogens (tertiary/aromatic N) is 1. The second-order valence-electron chi connectivity index (χ2n) is 6.73. The van der Waals surface area contributed by atoms with Gasteiger partial charge in [0.2, 0.25) is 0 Å². The van der Waals surface area contributed by atoms with Crippen LogP contribution in [0.4, 0.5) is 4.79 Å². The summed E-state index contributed by atoms with van der Waals surface area (Å²) in [5.41, 5.74) is -2.09. The molecule has 0 aromatic heterocycles. The highest BCUT2D eigenvalue weighted by Crippen LogP contribution is 2.41. The third kappa shape index (κ3) is 2.57. The lowest BCUT2D eigenvalue weighted by atomic mass is 9.67. The summed E-state index contributed by atoms with van der Waals surface area (Å²) in [5, 5.41) is 23.4. The van der Waals surface area contributed by atoms with Gasteiger partial charge >= 0.3 is 6.09 Å². The Morgan fingerprint density at radius 2 is 2.05 bits per heavy atom. The summed E-state index contributed by atoms with van der Waals surface area (Å²) >= 11 is 0. The number of hydrogen-bond acceptors (Lipinski definition) is 5. The minimum atomic E-state index is -1.02. The van der Waals surface area contributed by atoms with Gasteiger partial charge in [0.15, 0.2) is 0 Å². The number of aliphatic hydroxyl groups excluding tert-OH is 1. The fourth-order valence-electron chi connectivity index (χ4n) is 2.72. The summed E-state index contributed by atoms with van der Waals surface area (Å²) in [5.74, 6) is 0. The third-order valence-electron chi connectivity index (χ3n) is 4.12. The highest BCUT2D eigenvalue weighted by Gasteiger charge is 2.57. The quantitative estimate of drug-likeness (QED) is 0.656. The summed E-state index contributed by atoms with van der Waals surface area (Å²) in [6.07, 6.45) is 0.0814. The van der Waals surface area contributed by atoms with Crippen molar-refractivity contribution in [1.82, 2.24) is 10.2 Å². The highest BCUT2D eigenvalue weighted by atomic mass is 16.6. The van der Waals surface area contributed by atoms with Gasteiger partial charge in [-0.05, 0) is 27.2 Å². The van der Waals surface area contributed by atoms with Gasteiger partial charge < -0.3 is 25.2 Å². The van der Waals surface area contributed by atoms with E-state index in [1.807, 2.05) is 20.8 Å². The van der Waals surface area contributed by atoms with Crippen LogP contribution in [-0.2, 0) is 4.74 Å². The molecule has 1 unspecified atom stereocenters. The van der Waals surface area contributed by atoms with Crippen molar-refractivity contribution in [3.8, 4) is 0 Å².